The van der Waals surface area contributed by atoms with E-state index in [9.17, 15) is 4.79 Å². The molecule has 5 nitrogen and oxygen atoms in total. The standard InChI is InChI=1S/C24H36N2O3/c1-2-3-4-5-6-7-24(27)25-21(17-26-15-19-14-20(19)16-26)12-18-8-9-22-23(13-18)29-11-10-28-22/h8-9,13,19-21H,2-7,10-12,14-17H2,1H3,(H,25,27)/t19?,20?,21-/m0/s1. The van der Waals surface area contributed by atoms with Gasteiger partial charge in [-0.1, -0.05) is 38.7 Å². The molecule has 0 bridgehead atoms. The van der Waals surface area contributed by atoms with Gasteiger partial charge in [0.2, 0.25) is 5.91 Å². The summed E-state index contributed by atoms with van der Waals surface area (Å²) in [6.45, 7) is 6.79. The van der Waals surface area contributed by atoms with E-state index in [4.69, 9.17) is 9.47 Å². The third kappa shape index (κ3) is 5.88. The van der Waals surface area contributed by atoms with E-state index in [1.807, 2.05) is 6.07 Å². The quantitative estimate of drug-likeness (QED) is 0.574. The van der Waals surface area contributed by atoms with E-state index in [-0.39, 0.29) is 11.9 Å². The molecule has 2 aliphatic heterocycles. The summed E-state index contributed by atoms with van der Waals surface area (Å²) >= 11 is 0. The fourth-order valence-corrected chi connectivity index (χ4v) is 4.81. The summed E-state index contributed by atoms with van der Waals surface area (Å²) in [5, 5.41) is 3.34. The van der Waals surface area contributed by atoms with Gasteiger partial charge in [-0.05, 0) is 48.8 Å². The van der Waals surface area contributed by atoms with Crippen LogP contribution >= 0.6 is 0 Å². The number of hydrogen-bond acceptors (Lipinski definition) is 4. The number of rotatable bonds is 11. The van der Waals surface area contributed by atoms with Crippen LogP contribution in [0.25, 0.3) is 0 Å². The smallest absolute Gasteiger partial charge is 0.220 e. The Kier molecular flexibility index (Phi) is 6.96. The average Bonchev–Trinajstić information content (AvgIpc) is 3.33. The lowest BCUT2D eigenvalue weighted by molar-refractivity contribution is -0.122. The lowest BCUT2D eigenvalue weighted by atomic mass is 10.0. The van der Waals surface area contributed by atoms with Gasteiger partial charge in [-0.25, -0.2) is 0 Å². The molecule has 2 heterocycles. The van der Waals surface area contributed by atoms with Gasteiger partial charge in [-0.15, -0.1) is 0 Å². The minimum Gasteiger partial charge on any atom is -0.486 e. The Bertz CT molecular complexity index is 683. The van der Waals surface area contributed by atoms with Crippen molar-refractivity contribution < 1.29 is 14.3 Å². The number of amides is 1. The lowest BCUT2D eigenvalue weighted by Crippen LogP contribution is -2.45. The van der Waals surface area contributed by atoms with Crippen LogP contribution in [-0.4, -0.2) is 49.7 Å². The van der Waals surface area contributed by atoms with E-state index < -0.39 is 0 Å². The number of carbonyl (C=O) groups excluding carboxylic acids is 1. The largest absolute Gasteiger partial charge is 0.486 e. The van der Waals surface area contributed by atoms with E-state index >= 15 is 0 Å². The second-order valence-electron chi connectivity index (χ2n) is 9.09. The van der Waals surface area contributed by atoms with Gasteiger partial charge in [-0.2, -0.15) is 0 Å². The molecule has 3 atom stereocenters. The van der Waals surface area contributed by atoms with Gasteiger partial charge in [0.05, 0.1) is 0 Å². The molecule has 1 saturated carbocycles. The third-order valence-corrected chi connectivity index (χ3v) is 6.49. The highest BCUT2D eigenvalue weighted by atomic mass is 16.6. The van der Waals surface area contributed by atoms with Crippen molar-refractivity contribution >= 4 is 5.91 Å². The highest BCUT2D eigenvalue weighted by Gasteiger charge is 2.45. The van der Waals surface area contributed by atoms with Crippen molar-refractivity contribution in [1.29, 1.82) is 0 Å². The first-order valence-electron chi connectivity index (χ1n) is 11.6. The molecule has 1 aliphatic carbocycles. The molecule has 0 aromatic heterocycles. The first-order valence-corrected chi connectivity index (χ1v) is 11.6. The molecule has 1 amide bonds. The molecule has 2 unspecified atom stereocenters. The van der Waals surface area contributed by atoms with Crippen LogP contribution in [0.5, 0.6) is 11.5 Å². The molecule has 0 spiro atoms. The maximum absolute atomic E-state index is 12.6. The number of piperidine rings is 1. The molecule has 1 saturated heterocycles. The second-order valence-corrected chi connectivity index (χ2v) is 9.09. The zero-order chi connectivity index (χ0) is 20.1. The Balaban J connectivity index is 1.32. The van der Waals surface area contributed by atoms with E-state index in [0.29, 0.717) is 19.6 Å². The lowest BCUT2D eigenvalue weighted by Gasteiger charge is -2.26. The van der Waals surface area contributed by atoms with Gasteiger partial charge in [-0.3, -0.25) is 4.79 Å². The Labute approximate surface area is 175 Å². The van der Waals surface area contributed by atoms with Gasteiger partial charge in [0.25, 0.3) is 0 Å². The van der Waals surface area contributed by atoms with E-state index in [1.54, 1.807) is 0 Å². The van der Waals surface area contributed by atoms with Gasteiger partial charge >= 0.3 is 0 Å². The highest BCUT2D eigenvalue weighted by Crippen LogP contribution is 2.44. The van der Waals surface area contributed by atoms with Crippen LogP contribution in [0, 0.1) is 11.8 Å². The molecule has 160 valence electrons. The fourth-order valence-electron chi connectivity index (χ4n) is 4.81. The number of unbranched alkanes of at least 4 members (excludes halogenated alkanes) is 4. The van der Waals surface area contributed by atoms with Crippen LogP contribution in [0.4, 0.5) is 0 Å². The number of hydrogen-bond donors (Lipinski definition) is 1. The summed E-state index contributed by atoms with van der Waals surface area (Å²) in [6.07, 6.45) is 8.79. The summed E-state index contributed by atoms with van der Waals surface area (Å²) in [4.78, 5) is 15.1. The molecule has 29 heavy (non-hydrogen) atoms. The normalized spacial score (nSPS) is 23.5. The number of nitrogens with one attached hydrogen (secondary N) is 1. The molecular weight excluding hydrogens is 364 g/mol. The Morgan fingerprint density at radius 1 is 1.10 bits per heavy atom. The summed E-state index contributed by atoms with van der Waals surface area (Å²) < 4.78 is 11.4. The summed E-state index contributed by atoms with van der Waals surface area (Å²) in [5.41, 5.74) is 1.20. The minimum absolute atomic E-state index is 0.151. The molecule has 4 rings (SSSR count). The zero-order valence-electron chi connectivity index (χ0n) is 17.8. The molecule has 5 heteroatoms. The predicted molar refractivity (Wildman–Crippen MR) is 114 cm³/mol. The first-order chi connectivity index (χ1) is 14.2. The van der Waals surface area contributed by atoms with Gasteiger partial charge in [0.15, 0.2) is 11.5 Å². The summed E-state index contributed by atoms with van der Waals surface area (Å²) in [7, 11) is 0. The van der Waals surface area contributed by atoms with Gasteiger partial charge in [0.1, 0.15) is 13.2 Å². The predicted octanol–water partition coefficient (Wildman–Crippen LogP) is 3.80. The number of ether oxygens (including phenoxy) is 2. The van der Waals surface area contributed by atoms with E-state index in [1.165, 1.54) is 44.3 Å². The molecule has 1 aromatic carbocycles. The zero-order valence-corrected chi connectivity index (χ0v) is 17.8. The van der Waals surface area contributed by atoms with E-state index in [0.717, 1.165) is 49.1 Å². The fraction of sp³-hybridized carbons (Fsp3) is 0.708. The van der Waals surface area contributed by atoms with Crippen LogP contribution in [-0.2, 0) is 11.2 Å². The van der Waals surface area contributed by atoms with Crippen LogP contribution in [0.15, 0.2) is 18.2 Å². The first kappa shape index (κ1) is 20.5. The minimum atomic E-state index is 0.151. The van der Waals surface area contributed by atoms with Crippen molar-refractivity contribution in [3.8, 4) is 11.5 Å². The summed E-state index contributed by atoms with van der Waals surface area (Å²) in [5.74, 6) is 3.69. The SMILES string of the molecule is CCCCCCCC(=O)N[C@@H](Cc1ccc2c(c1)OCCO2)CN1CC2CC2C1. The van der Waals surface area contributed by atoms with Crippen LogP contribution < -0.4 is 14.8 Å². The topological polar surface area (TPSA) is 50.8 Å². The van der Waals surface area contributed by atoms with Crippen molar-refractivity contribution in [2.45, 2.75) is 64.3 Å². The second kappa shape index (κ2) is 9.84. The Hall–Kier alpha value is -1.75. The van der Waals surface area contributed by atoms with Gasteiger partial charge < -0.3 is 19.7 Å². The van der Waals surface area contributed by atoms with Crippen LogP contribution in [0.1, 0.15) is 57.4 Å². The Morgan fingerprint density at radius 2 is 1.86 bits per heavy atom. The van der Waals surface area contributed by atoms with Crippen molar-refractivity contribution in [3.63, 3.8) is 0 Å². The number of nitrogens with zero attached hydrogens (tertiary/aromatic N) is 1. The van der Waals surface area contributed by atoms with Crippen LogP contribution in [0.2, 0.25) is 0 Å². The number of fused-ring (bicyclic) bond motifs is 2. The van der Waals surface area contributed by atoms with Crippen molar-refractivity contribution in [3.05, 3.63) is 23.8 Å². The number of carbonyl (C=O) groups is 1. The molecule has 1 N–H and O–H groups in total. The van der Waals surface area contributed by atoms with Crippen molar-refractivity contribution in [2.75, 3.05) is 32.8 Å². The van der Waals surface area contributed by atoms with E-state index in [2.05, 4.69) is 29.3 Å². The Morgan fingerprint density at radius 3 is 2.66 bits per heavy atom. The van der Waals surface area contributed by atoms with Crippen LogP contribution in [0.3, 0.4) is 0 Å². The van der Waals surface area contributed by atoms with Crippen molar-refractivity contribution in [2.24, 2.45) is 11.8 Å². The molecule has 2 fully saturated rings. The maximum atomic E-state index is 12.6. The highest BCUT2D eigenvalue weighted by molar-refractivity contribution is 5.76. The number of likely N-dealkylation sites (tertiary alicyclic amines) is 1. The summed E-state index contributed by atoms with van der Waals surface area (Å²) in [6, 6.07) is 6.35. The number of benzene rings is 1. The molecule has 1 aromatic rings. The monoisotopic (exact) mass is 400 g/mol. The average molecular weight is 401 g/mol. The molecular formula is C24H36N2O3. The third-order valence-electron chi connectivity index (χ3n) is 6.49. The van der Waals surface area contributed by atoms with Gasteiger partial charge in [0, 0.05) is 32.1 Å². The molecule has 0 radical (unpaired) electrons. The maximum Gasteiger partial charge on any atom is 0.220 e. The molecule has 3 aliphatic rings. The van der Waals surface area contributed by atoms with Crippen molar-refractivity contribution in [1.82, 2.24) is 10.2 Å².